The van der Waals surface area contributed by atoms with Crippen LogP contribution in [0.4, 0.5) is 0 Å². The van der Waals surface area contributed by atoms with Crippen molar-refractivity contribution in [3.8, 4) is 0 Å². The molecule has 3 rings (SSSR count). The number of ether oxygens (including phenoxy) is 1. The maximum atomic E-state index is 6.09. The van der Waals surface area contributed by atoms with Gasteiger partial charge in [0.1, 0.15) is 6.10 Å². The number of rotatable bonds is 3. The fourth-order valence-electron chi connectivity index (χ4n) is 3.06. The zero-order chi connectivity index (χ0) is 13.9. The summed E-state index contributed by atoms with van der Waals surface area (Å²) < 4.78 is 6.09. The average Bonchev–Trinajstić information content (AvgIpc) is 2.48. The van der Waals surface area contributed by atoms with Crippen molar-refractivity contribution in [2.24, 2.45) is 0 Å². The first-order valence-electron chi connectivity index (χ1n) is 7.23. The van der Waals surface area contributed by atoms with Crippen molar-refractivity contribution in [3.63, 3.8) is 0 Å². The molecule has 2 aromatic rings. The van der Waals surface area contributed by atoms with Gasteiger partial charge in [-0.15, -0.1) is 0 Å². The summed E-state index contributed by atoms with van der Waals surface area (Å²) in [6, 6.07) is 17.5. The van der Waals surface area contributed by atoms with Gasteiger partial charge < -0.3 is 10.1 Å². The summed E-state index contributed by atoms with van der Waals surface area (Å²) in [4.78, 5) is 0. The van der Waals surface area contributed by atoms with Crippen molar-refractivity contribution in [1.82, 2.24) is 5.32 Å². The fraction of sp³-hybridized carbons (Fsp3) is 0.333. The third kappa shape index (κ3) is 2.49. The zero-order valence-electron chi connectivity index (χ0n) is 12.1. The largest absolute Gasteiger partial charge is 0.371 e. The molecule has 2 unspecified atom stereocenters. The van der Waals surface area contributed by atoms with Gasteiger partial charge in [-0.25, -0.2) is 0 Å². The molecule has 1 heterocycles. The summed E-state index contributed by atoms with van der Waals surface area (Å²) in [5.74, 6) is 0. The number of likely N-dealkylation sites (N-methyl/N-ethyl adjacent to an activating group) is 1. The molecule has 0 aromatic heterocycles. The monoisotopic (exact) mass is 267 g/mol. The summed E-state index contributed by atoms with van der Waals surface area (Å²) in [5.41, 5.74) is 5.30. The maximum Gasteiger partial charge on any atom is 0.102 e. The van der Waals surface area contributed by atoms with E-state index in [1.54, 1.807) is 0 Å². The predicted octanol–water partition coefficient (Wildman–Crippen LogP) is 3.57. The lowest BCUT2D eigenvalue weighted by Gasteiger charge is -2.32. The highest BCUT2D eigenvalue weighted by molar-refractivity contribution is 5.35. The second kappa shape index (κ2) is 5.78. The van der Waals surface area contributed by atoms with Crippen LogP contribution in [0.25, 0.3) is 0 Å². The standard InChI is InChI=1S/C18H21NO/c1-13-6-5-8-15(12-13)17(19-2)18-16-9-4-3-7-14(16)10-11-20-18/h3-9,12,17-19H,10-11H2,1-2H3. The number of fused-ring (bicyclic) bond motifs is 1. The lowest BCUT2D eigenvalue weighted by atomic mass is 9.89. The average molecular weight is 267 g/mol. The van der Waals surface area contributed by atoms with Crippen molar-refractivity contribution >= 4 is 0 Å². The molecule has 0 amide bonds. The van der Waals surface area contributed by atoms with E-state index in [1.165, 1.54) is 22.3 Å². The van der Waals surface area contributed by atoms with E-state index < -0.39 is 0 Å². The Morgan fingerprint density at radius 2 is 2.00 bits per heavy atom. The molecule has 0 aliphatic carbocycles. The first kappa shape index (κ1) is 13.3. The summed E-state index contributed by atoms with van der Waals surface area (Å²) in [5, 5.41) is 3.43. The van der Waals surface area contributed by atoms with Crippen LogP contribution in [-0.2, 0) is 11.2 Å². The Morgan fingerprint density at radius 3 is 2.80 bits per heavy atom. The van der Waals surface area contributed by atoms with Crippen LogP contribution in [0.1, 0.15) is 34.4 Å². The number of aryl methyl sites for hydroxylation is 1. The minimum absolute atomic E-state index is 0.0896. The van der Waals surface area contributed by atoms with E-state index in [9.17, 15) is 0 Å². The van der Waals surface area contributed by atoms with E-state index in [0.29, 0.717) is 0 Å². The molecule has 1 aliphatic heterocycles. The highest BCUT2D eigenvalue weighted by Crippen LogP contribution is 2.36. The summed E-state index contributed by atoms with van der Waals surface area (Å²) in [6.45, 7) is 2.93. The van der Waals surface area contributed by atoms with Crippen molar-refractivity contribution in [3.05, 3.63) is 70.8 Å². The third-order valence-corrected chi connectivity index (χ3v) is 4.05. The molecule has 2 nitrogen and oxygen atoms in total. The minimum Gasteiger partial charge on any atom is -0.371 e. The Morgan fingerprint density at radius 1 is 1.15 bits per heavy atom. The van der Waals surface area contributed by atoms with Gasteiger partial charge in [-0.3, -0.25) is 0 Å². The fourth-order valence-corrected chi connectivity index (χ4v) is 3.06. The first-order valence-corrected chi connectivity index (χ1v) is 7.23. The van der Waals surface area contributed by atoms with Crippen LogP contribution in [0.3, 0.4) is 0 Å². The van der Waals surface area contributed by atoms with Gasteiger partial charge in [-0.1, -0.05) is 54.1 Å². The summed E-state index contributed by atoms with van der Waals surface area (Å²) in [7, 11) is 2.01. The van der Waals surface area contributed by atoms with Gasteiger partial charge in [0.05, 0.1) is 12.6 Å². The molecule has 0 saturated heterocycles. The Balaban J connectivity index is 1.99. The van der Waals surface area contributed by atoms with E-state index in [0.717, 1.165) is 13.0 Å². The van der Waals surface area contributed by atoms with Gasteiger partial charge >= 0.3 is 0 Å². The van der Waals surface area contributed by atoms with Crippen molar-refractivity contribution in [1.29, 1.82) is 0 Å². The molecule has 1 aliphatic rings. The molecule has 0 radical (unpaired) electrons. The van der Waals surface area contributed by atoms with Crippen molar-refractivity contribution < 1.29 is 4.74 Å². The van der Waals surface area contributed by atoms with E-state index >= 15 is 0 Å². The summed E-state index contributed by atoms with van der Waals surface area (Å²) in [6.07, 6.45) is 1.10. The quantitative estimate of drug-likeness (QED) is 0.918. The van der Waals surface area contributed by atoms with Crippen LogP contribution in [0.15, 0.2) is 48.5 Å². The molecular weight excluding hydrogens is 246 g/mol. The Bertz CT molecular complexity index is 593. The van der Waals surface area contributed by atoms with Crippen LogP contribution in [0, 0.1) is 6.92 Å². The highest BCUT2D eigenvalue weighted by atomic mass is 16.5. The number of hydrogen-bond acceptors (Lipinski definition) is 2. The highest BCUT2D eigenvalue weighted by Gasteiger charge is 2.28. The zero-order valence-corrected chi connectivity index (χ0v) is 12.1. The van der Waals surface area contributed by atoms with Gasteiger partial charge in [0.25, 0.3) is 0 Å². The van der Waals surface area contributed by atoms with E-state index in [-0.39, 0.29) is 12.1 Å². The summed E-state index contributed by atoms with van der Waals surface area (Å²) >= 11 is 0. The lowest BCUT2D eigenvalue weighted by Crippen LogP contribution is -2.29. The van der Waals surface area contributed by atoms with Crippen molar-refractivity contribution in [2.45, 2.75) is 25.5 Å². The molecule has 2 heteroatoms. The molecule has 0 bridgehead atoms. The van der Waals surface area contributed by atoms with Crippen LogP contribution in [-0.4, -0.2) is 13.7 Å². The number of hydrogen-bond donors (Lipinski definition) is 1. The van der Waals surface area contributed by atoms with Gasteiger partial charge in [0, 0.05) is 0 Å². The van der Waals surface area contributed by atoms with Gasteiger partial charge in [0.2, 0.25) is 0 Å². The SMILES string of the molecule is CNC(c1cccc(C)c1)C1OCCc2ccccc21. The normalized spacial score (nSPS) is 19.4. The third-order valence-electron chi connectivity index (χ3n) is 4.05. The molecular formula is C18H21NO. The van der Waals surface area contributed by atoms with E-state index in [4.69, 9.17) is 4.74 Å². The number of benzene rings is 2. The number of nitrogens with one attached hydrogen (secondary N) is 1. The molecule has 2 aromatic carbocycles. The molecule has 0 saturated carbocycles. The van der Waals surface area contributed by atoms with Gasteiger partial charge in [-0.05, 0) is 37.1 Å². The molecule has 1 N–H and O–H groups in total. The van der Waals surface area contributed by atoms with Gasteiger partial charge in [-0.2, -0.15) is 0 Å². The minimum atomic E-state index is 0.0896. The van der Waals surface area contributed by atoms with Crippen LogP contribution in [0.5, 0.6) is 0 Å². The molecule has 0 spiro atoms. The first-order chi connectivity index (χ1) is 9.79. The lowest BCUT2D eigenvalue weighted by molar-refractivity contribution is 0.0166. The van der Waals surface area contributed by atoms with E-state index in [1.807, 2.05) is 7.05 Å². The van der Waals surface area contributed by atoms with Crippen molar-refractivity contribution in [2.75, 3.05) is 13.7 Å². The smallest absolute Gasteiger partial charge is 0.102 e. The Hall–Kier alpha value is -1.64. The van der Waals surface area contributed by atoms with Gasteiger partial charge in [0.15, 0.2) is 0 Å². The van der Waals surface area contributed by atoms with Crippen LogP contribution in [0.2, 0.25) is 0 Å². The van der Waals surface area contributed by atoms with Crippen LogP contribution >= 0.6 is 0 Å². The molecule has 0 fully saturated rings. The second-order valence-electron chi connectivity index (χ2n) is 5.42. The second-order valence-corrected chi connectivity index (χ2v) is 5.42. The molecule has 2 atom stereocenters. The maximum absolute atomic E-state index is 6.09. The topological polar surface area (TPSA) is 21.3 Å². The Kier molecular flexibility index (Phi) is 3.86. The molecule has 20 heavy (non-hydrogen) atoms. The Labute approximate surface area is 120 Å². The predicted molar refractivity (Wildman–Crippen MR) is 81.8 cm³/mol. The molecule has 104 valence electrons. The van der Waals surface area contributed by atoms with E-state index in [2.05, 4.69) is 60.8 Å². The van der Waals surface area contributed by atoms with Crippen LogP contribution < -0.4 is 5.32 Å².